The van der Waals surface area contributed by atoms with Crippen molar-refractivity contribution in [2.75, 3.05) is 0 Å². The van der Waals surface area contributed by atoms with E-state index >= 15 is 0 Å². The Morgan fingerprint density at radius 3 is 2.50 bits per heavy atom. The zero-order valence-electron chi connectivity index (χ0n) is 9.95. The number of thiazole rings is 1. The second kappa shape index (κ2) is 4.86. The van der Waals surface area contributed by atoms with Crippen molar-refractivity contribution in [2.45, 2.75) is 13.1 Å². The van der Waals surface area contributed by atoms with E-state index < -0.39 is 23.5 Å². The summed E-state index contributed by atoms with van der Waals surface area (Å²) in [6, 6.07) is 1.94. The molecule has 1 aromatic heterocycles. The van der Waals surface area contributed by atoms with Crippen LogP contribution >= 0.6 is 11.3 Å². The molecule has 2 aromatic rings. The standard InChI is InChI=1S/C12H7F4NO2S/c1-5-9(11(18)19)17-10(20-5)7-4-6(12(14,15)16)2-3-8(7)13/h2-4H,1H3,(H,18,19). The van der Waals surface area contributed by atoms with Gasteiger partial charge in [0.05, 0.1) is 5.56 Å². The van der Waals surface area contributed by atoms with Crippen LogP contribution in [0.2, 0.25) is 0 Å². The molecule has 0 spiro atoms. The summed E-state index contributed by atoms with van der Waals surface area (Å²) in [6.07, 6.45) is -4.61. The van der Waals surface area contributed by atoms with Crippen LogP contribution in [0.5, 0.6) is 0 Å². The number of aromatic carboxylic acids is 1. The molecule has 2 rings (SSSR count). The Bertz CT molecular complexity index is 679. The minimum Gasteiger partial charge on any atom is -0.476 e. The number of carboxylic acids is 1. The van der Waals surface area contributed by atoms with Gasteiger partial charge in [-0.3, -0.25) is 0 Å². The van der Waals surface area contributed by atoms with E-state index in [2.05, 4.69) is 4.98 Å². The van der Waals surface area contributed by atoms with E-state index in [1.807, 2.05) is 0 Å². The molecule has 0 unspecified atom stereocenters. The van der Waals surface area contributed by atoms with Gasteiger partial charge in [0.15, 0.2) is 5.69 Å². The molecule has 1 N–H and O–H groups in total. The number of carbonyl (C=O) groups is 1. The van der Waals surface area contributed by atoms with Crippen LogP contribution in [0.25, 0.3) is 10.6 Å². The van der Waals surface area contributed by atoms with Crippen molar-refractivity contribution in [2.24, 2.45) is 0 Å². The molecule has 0 bridgehead atoms. The number of halogens is 4. The van der Waals surface area contributed by atoms with Crippen LogP contribution in [0.4, 0.5) is 17.6 Å². The lowest BCUT2D eigenvalue weighted by Gasteiger charge is -2.08. The average Bonchev–Trinajstić information content (AvgIpc) is 2.70. The van der Waals surface area contributed by atoms with Crippen LogP contribution in [0.3, 0.4) is 0 Å². The maximum absolute atomic E-state index is 13.6. The molecule has 0 saturated carbocycles. The third-order valence-electron chi connectivity index (χ3n) is 2.52. The van der Waals surface area contributed by atoms with Crippen molar-refractivity contribution in [3.8, 4) is 10.6 Å². The molecule has 1 heterocycles. The van der Waals surface area contributed by atoms with E-state index in [1.54, 1.807) is 0 Å². The summed E-state index contributed by atoms with van der Waals surface area (Å²) in [5.74, 6) is -2.19. The molecule has 1 aromatic carbocycles. The minimum absolute atomic E-state index is 0.0940. The molecule has 0 aliphatic rings. The number of nitrogens with zero attached hydrogens (tertiary/aromatic N) is 1. The van der Waals surface area contributed by atoms with Crippen LogP contribution in [0.1, 0.15) is 20.9 Å². The number of aromatic nitrogens is 1. The van der Waals surface area contributed by atoms with Crippen molar-refractivity contribution in [3.63, 3.8) is 0 Å². The first kappa shape index (κ1) is 14.4. The first-order valence-corrected chi connectivity index (χ1v) is 6.09. The predicted molar refractivity (Wildman–Crippen MR) is 64.2 cm³/mol. The van der Waals surface area contributed by atoms with Gasteiger partial charge < -0.3 is 5.11 Å². The zero-order valence-corrected chi connectivity index (χ0v) is 10.8. The molecule has 0 aliphatic heterocycles. The number of hydrogen-bond donors (Lipinski definition) is 1. The third-order valence-corrected chi connectivity index (χ3v) is 3.53. The van der Waals surface area contributed by atoms with Gasteiger partial charge in [-0.05, 0) is 25.1 Å². The Morgan fingerprint density at radius 2 is 2.00 bits per heavy atom. The highest BCUT2D eigenvalue weighted by Gasteiger charge is 2.31. The Hall–Kier alpha value is -1.96. The molecule has 0 radical (unpaired) electrons. The van der Waals surface area contributed by atoms with E-state index in [0.29, 0.717) is 23.1 Å². The van der Waals surface area contributed by atoms with Gasteiger partial charge in [0.2, 0.25) is 0 Å². The molecule has 0 amide bonds. The maximum Gasteiger partial charge on any atom is 0.416 e. The van der Waals surface area contributed by atoms with Crippen molar-refractivity contribution in [3.05, 3.63) is 40.2 Å². The summed E-state index contributed by atoms with van der Waals surface area (Å²) < 4.78 is 51.4. The normalized spacial score (nSPS) is 11.7. The van der Waals surface area contributed by atoms with Crippen molar-refractivity contribution in [1.82, 2.24) is 4.98 Å². The largest absolute Gasteiger partial charge is 0.476 e. The van der Waals surface area contributed by atoms with Crippen molar-refractivity contribution < 1.29 is 27.5 Å². The Kier molecular flexibility index (Phi) is 3.51. The third kappa shape index (κ3) is 2.64. The van der Waals surface area contributed by atoms with Crippen LogP contribution in [-0.2, 0) is 6.18 Å². The summed E-state index contributed by atoms with van der Waals surface area (Å²) in [6.45, 7) is 1.45. The molecule has 0 saturated heterocycles. The summed E-state index contributed by atoms with van der Waals surface area (Å²) >= 11 is 0.830. The number of alkyl halides is 3. The Morgan fingerprint density at radius 1 is 1.35 bits per heavy atom. The van der Waals surface area contributed by atoms with Gasteiger partial charge in [-0.25, -0.2) is 14.2 Å². The van der Waals surface area contributed by atoms with Gasteiger partial charge in [-0.15, -0.1) is 11.3 Å². The molecule has 3 nitrogen and oxygen atoms in total. The second-order valence-electron chi connectivity index (χ2n) is 3.92. The van der Waals surface area contributed by atoms with Crippen LogP contribution in [0, 0.1) is 12.7 Å². The summed E-state index contributed by atoms with van der Waals surface area (Å²) in [4.78, 5) is 14.8. The molecule has 20 heavy (non-hydrogen) atoms. The van der Waals surface area contributed by atoms with Crippen LogP contribution < -0.4 is 0 Å². The topological polar surface area (TPSA) is 50.2 Å². The summed E-state index contributed by atoms with van der Waals surface area (Å²) in [7, 11) is 0. The minimum atomic E-state index is -4.61. The molecule has 106 valence electrons. The Labute approximate surface area is 114 Å². The first-order chi connectivity index (χ1) is 9.20. The molecule has 8 heteroatoms. The van der Waals surface area contributed by atoms with E-state index in [-0.39, 0.29) is 16.3 Å². The smallest absolute Gasteiger partial charge is 0.416 e. The quantitative estimate of drug-likeness (QED) is 0.854. The number of benzene rings is 1. The SMILES string of the molecule is Cc1sc(-c2cc(C(F)(F)F)ccc2F)nc1C(=O)O. The highest BCUT2D eigenvalue weighted by molar-refractivity contribution is 7.15. The fourth-order valence-corrected chi connectivity index (χ4v) is 2.50. The highest BCUT2D eigenvalue weighted by Crippen LogP contribution is 2.35. The fourth-order valence-electron chi connectivity index (χ4n) is 1.58. The number of hydrogen-bond acceptors (Lipinski definition) is 3. The summed E-state index contributed by atoms with van der Waals surface area (Å²) in [5, 5.41) is 8.76. The fraction of sp³-hybridized carbons (Fsp3) is 0.167. The lowest BCUT2D eigenvalue weighted by Crippen LogP contribution is -2.05. The van der Waals surface area contributed by atoms with E-state index in [0.717, 1.165) is 11.3 Å². The van der Waals surface area contributed by atoms with Gasteiger partial charge in [0.25, 0.3) is 0 Å². The first-order valence-electron chi connectivity index (χ1n) is 5.28. The molecular formula is C12H7F4NO2S. The van der Waals surface area contributed by atoms with Crippen molar-refractivity contribution >= 4 is 17.3 Å². The zero-order chi connectivity index (χ0) is 15.1. The second-order valence-corrected chi connectivity index (χ2v) is 5.12. The molecule has 0 atom stereocenters. The van der Waals surface area contributed by atoms with E-state index in [4.69, 9.17) is 5.11 Å². The maximum atomic E-state index is 13.6. The molecule has 0 fully saturated rings. The lowest BCUT2D eigenvalue weighted by atomic mass is 10.1. The molecular weight excluding hydrogens is 298 g/mol. The van der Waals surface area contributed by atoms with Gasteiger partial charge in [-0.2, -0.15) is 13.2 Å². The van der Waals surface area contributed by atoms with E-state index in [9.17, 15) is 22.4 Å². The highest BCUT2D eigenvalue weighted by atomic mass is 32.1. The lowest BCUT2D eigenvalue weighted by molar-refractivity contribution is -0.137. The number of rotatable bonds is 2. The Balaban J connectivity index is 2.57. The van der Waals surface area contributed by atoms with Gasteiger partial charge in [0, 0.05) is 10.4 Å². The van der Waals surface area contributed by atoms with Gasteiger partial charge in [-0.1, -0.05) is 0 Å². The number of carboxylic acid groups (broad SMARTS) is 1. The van der Waals surface area contributed by atoms with E-state index in [1.165, 1.54) is 6.92 Å². The van der Waals surface area contributed by atoms with Crippen LogP contribution in [0.15, 0.2) is 18.2 Å². The molecule has 0 aliphatic carbocycles. The average molecular weight is 305 g/mol. The van der Waals surface area contributed by atoms with Gasteiger partial charge in [0.1, 0.15) is 10.8 Å². The van der Waals surface area contributed by atoms with Crippen LogP contribution in [-0.4, -0.2) is 16.1 Å². The summed E-state index contributed by atoms with van der Waals surface area (Å²) in [5.41, 5.74) is -1.67. The monoisotopic (exact) mass is 305 g/mol. The van der Waals surface area contributed by atoms with Gasteiger partial charge >= 0.3 is 12.1 Å². The van der Waals surface area contributed by atoms with Crippen molar-refractivity contribution in [1.29, 1.82) is 0 Å². The predicted octanol–water partition coefficient (Wildman–Crippen LogP) is 3.97. The number of aryl methyl sites for hydroxylation is 1.